The second kappa shape index (κ2) is 8.65. The van der Waals surface area contributed by atoms with Crippen molar-refractivity contribution in [2.24, 2.45) is 0 Å². The summed E-state index contributed by atoms with van der Waals surface area (Å²) in [5, 5.41) is 11.6. The number of amides is 1. The number of phenolic OH excluding ortho intramolecular Hbond substituents is 1. The Labute approximate surface area is 138 Å². The predicted octanol–water partition coefficient (Wildman–Crippen LogP) is 4.20. The SMILES string of the molecule is CC(C)(C)OC(=O)NC1CCC1.Oc1ccc(F)c(OC(F)F)c1. The Bertz CT molecular complexity index is 543. The first-order chi connectivity index (χ1) is 11.1. The van der Waals surface area contributed by atoms with E-state index in [1.54, 1.807) is 0 Å². The van der Waals surface area contributed by atoms with Gasteiger partial charge in [0.05, 0.1) is 0 Å². The first-order valence-electron chi connectivity index (χ1n) is 7.49. The standard InChI is InChI=1S/C9H17NO2.C7H5F3O2/c1-9(2,3)12-8(11)10-7-5-4-6-7;8-5-2-1-4(11)3-6(5)12-7(9)10/h7H,4-6H2,1-3H3,(H,10,11);1-3,7,11H. The van der Waals surface area contributed by atoms with Gasteiger partial charge in [-0.15, -0.1) is 0 Å². The molecule has 1 aliphatic rings. The minimum absolute atomic E-state index is 0.285. The lowest BCUT2D eigenvalue weighted by atomic mass is 9.93. The van der Waals surface area contributed by atoms with Crippen LogP contribution >= 0.6 is 0 Å². The molecule has 0 atom stereocenters. The van der Waals surface area contributed by atoms with Crippen molar-refractivity contribution in [3.63, 3.8) is 0 Å². The first-order valence-corrected chi connectivity index (χ1v) is 7.49. The maximum absolute atomic E-state index is 12.6. The molecule has 0 heterocycles. The van der Waals surface area contributed by atoms with Crippen LogP contribution in [0.2, 0.25) is 0 Å². The number of carbonyl (C=O) groups excluding carboxylic acids is 1. The Balaban J connectivity index is 0.000000240. The van der Waals surface area contributed by atoms with Gasteiger partial charge in [0, 0.05) is 12.1 Å². The number of hydrogen-bond acceptors (Lipinski definition) is 4. The number of nitrogens with one attached hydrogen (secondary N) is 1. The van der Waals surface area contributed by atoms with E-state index in [0.717, 1.165) is 31.0 Å². The summed E-state index contributed by atoms with van der Waals surface area (Å²) >= 11 is 0. The number of phenols is 1. The fourth-order valence-electron chi connectivity index (χ4n) is 1.71. The molecular weight excluding hydrogens is 327 g/mol. The summed E-state index contributed by atoms with van der Waals surface area (Å²) in [5.41, 5.74) is -0.381. The van der Waals surface area contributed by atoms with E-state index in [4.69, 9.17) is 9.84 Å². The van der Waals surface area contributed by atoms with Crippen molar-refractivity contribution in [1.29, 1.82) is 0 Å². The first kappa shape index (κ1) is 19.9. The van der Waals surface area contributed by atoms with E-state index in [2.05, 4.69) is 10.1 Å². The molecule has 0 aromatic heterocycles. The van der Waals surface area contributed by atoms with Gasteiger partial charge >= 0.3 is 12.7 Å². The highest BCUT2D eigenvalue weighted by Crippen LogP contribution is 2.23. The molecule has 1 aromatic rings. The Hall–Kier alpha value is -2.12. The summed E-state index contributed by atoms with van der Waals surface area (Å²) in [7, 11) is 0. The summed E-state index contributed by atoms with van der Waals surface area (Å²) in [6, 6.07) is 3.02. The zero-order valence-corrected chi connectivity index (χ0v) is 13.8. The number of halogens is 3. The number of benzene rings is 1. The summed E-state index contributed by atoms with van der Waals surface area (Å²) in [6.07, 6.45) is 3.13. The second-order valence-corrected chi connectivity index (χ2v) is 6.27. The summed E-state index contributed by atoms with van der Waals surface area (Å²) < 4.78 is 44.5. The minimum atomic E-state index is -3.10. The van der Waals surface area contributed by atoms with E-state index < -0.39 is 18.2 Å². The Kier molecular flexibility index (Phi) is 7.18. The predicted molar refractivity (Wildman–Crippen MR) is 81.7 cm³/mol. The van der Waals surface area contributed by atoms with Crippen LogP contribution in [0.25, 0.3) is 0 Å². The van der Waals surface area contributed by atoms with E-state index in [9.17, 15) is 18.0 Å². The van der Waals surface area contributed by atoms with E-state index >= 15 is 0 Å². The van der Waals surface area contributed by atoms with Crippen LogP contribution in [0.1, 0.15) is 40.0 Å². The Morgan fingerprint density at radius 3 is 2.42 bits per heavy atom. The number of alkyl halides is 2. The number of hydrogen-bond donors (Lipinski definition) is 2. The molecule has 8 heteroatoms. The molecule has 1 amide bonds. The van der Waals surface area contributed by atoms with Crippen molar-refractivity contribution in [2.45, 2.75) is 58.3 Å². The van der Waals surface area contributed by atoms with Crippen molar-refractivity contribution in [3.8, 4) is 11.5 Å². The zero-order chi connectivity index (χ0) is 18.3. The van der Waals surface area contributed by atoms with Gasteiger partial charge in [-0.25, -0.2) is 9.18 Å². The lowest BCUT2D eigenvalue weighted by Gasteiger charge is -2.28. The van der Waals surface area contributed by atoms with Crippen LogP contribution in [0.4, 0.5) is 18.0 Å². The van der Waals surface area contributed by atoms with Crippen LogP contribution in [0, 0.1) is 5.82 Å². The fraction of sp³-hybridized carbons (Fsp3) is 0.562. The quantitative estimate of drug-likeness (QED) is 0.858. The maximum Gasteiger partial charge on any atom is 0.407 e. The van der Waals surface area contributed by atoms with Gasteiger partial charge in [-0.1, -0.05) is 0 Å². The van der Waals surface area contributed by atoms with Gasteiger partial charge in [0.2, 0.25) is 0 Å². The van der Waals surface area contributed by atoms with Crippen molar-refractivity contribution < 1.29 is 32.5 Å². The lowest BCUT2D eigenvalue weighted by molar-refractivity contribution is -0.0522. The third-order valence-electron chi connectivity index (χ3n) is 2.96. The highest BCUT2D eigenvalue weighted by atomic mass is 19.3. The summed E-state index contributed by atoms with van der Waals surface area (Å²) in [6.45, 7) is 2.51. The van der Waals surface area contributed by atoms with Crippen molar-refractivity contribution in [1.82, 2.24) is 5.32 Å². The Morgan fingerprint density at radius 1 is 1.33 bits per heavy atom. The molecule has 1 fully saturated rings. The van der Waals surface area contributed by atoms with Gasteiger partial charge in [-0.05, 0) is 52.2 Å². The normalized spacial score (nSPS) is 14.3. The molecule has 0 saturated heterocycles. The molecule has 24 heavy (non-hydrogen) atoms. The maximum atomic E-state index is 12.6. The van der Waals surface area contributed by atoms with Crippen LogP contribution in [0.5, 0.6) is 11.5 Å². The van der Waals surface area contributed by atoms with Crippen molar-refractivity contribution in [3.05, 3.63) is 24.0 Å². The third kappa shape index (κ3) is 7.94. The molecule has 1 aromatic carbocycles. The molecule has 5 nitrogen and oxygen atoms in total. The Morgan fingerprint density at radius 2 is 1.96 bits per heavy atom. The van der Waals surface area contributed by atoms with Crippen LogP contribution in [-0.2, 0) is 4.74 Å². The molecular formula is C16H22F3NO4. The number of aromatic hydroxyl groups is 1. The van der Waals surface area contributed by atoms with E-state index in [1.807, 2.05) is 20.8 Å². The summed E-state index contributed by atoms with van der Waals surface area (Å²) in [5.74, 6) is -1.93. The topological polar surface area (TPSA) is 67.8 Å². The molecule has 0 bridgehead atoms. The molecule has 136 valence electrons. The average molecular weight is 349 g/mol. The second-order valence-electron chi connectivity index (χ2n) is 6.27. The number of carbonyl (C=O) groups is 1. The highest BCUT2D eigenvalue weighted by Gasteiger charge is 2.22. The fourth-order valence-corrected chi connectivity index (χ4v) is 1.71. The van der Waals surface area contributed by atoms with E-state index in [-0.39, 0.29) is 17.4 Å². The zero-order valence-electron chi connectivity index (χ0n) is 13.8. The van der Waals surface area contributed by atoms with Gasteiger partial charge in [0.25, 0.3) is 0 Å². The molecule has 0 radical (unpaired) electrons. The average Bonchev–Trinajstić information content (AvgIpc) is 2.37. The highest BCUT2D eigenvalue weighted by molar-refractivity contribution is 5.68. The van der Waals surface area contributed by atoms with Crippen LogP contribution in [0.15, 0.2) is 18.2 Å². The van der Waals surface area contributed by atoms with Crippen LogP contribution in [0.3, 0.4) is 0 Å². The minimum Gasteiger partial charge on any atom is -0.508 e. The van der Waals surface area contributed by atoms with E-state index in [0.29, 0.717) is 6.04 Å². The van der Waals surface area contributed by atoms with Gasteiger partial charge < -0.3 is 19.9 Å². The smallest absolute Gasteiger partial charge is 0.407 e. The molecule has 0 unspecified atom stereocenters. The molecule has 2 N–H and O–H groups in total. The lowest BCUT2D eigenvalue weighted by Crippen LogP contribution is -2.42. The third-order valence-corrected chi connectivity index (χ3v) is 2.96. The molecule has 1 saturated carbocycles. The molecule has 1 aliphatic carbocycles. The van der Waals surface area contributed by atoms with Gasteiger partial charge in [0.1, 0.15) is 11.4 Å². The van der Waals surface area contributed by atoms with Gasteiger partial charge in [-0.2, -0.15) is 8.78 Å². The number of ether oxygens (including phenoxy) is 2. The largest absolute Gasteiger partial charge is 0.508 e. The van der Waals surface area contributed by atoms with Crippen LogP contribution in [-0.4, -0.2) is 29.5 Å². The van der Waals surface area contributed by atoms with Crippen LogP contribution < -0.4 is 10.1 Å². The van der Waals surface area contributed by atoms with Crippen molar-refractivity contribution >= 4 is 6.09 Å². The van der Waals surface area contributed by atoms with Crippen molar-refractivity contribution in [2.75, 3.05) is 0 Å². The summed E-state index contributed by atoms with van der Waals surface area (Å²) in [4.78, 5) is 11.1. The molecule has 0 spiro atoms. The molecule has 0 aliphatic heterocycles. The van der Waals surface area contributed by atoms with Gasteiger partial charge in [0.15, 0.2) is 11.6 Å². The molecule has 2 rings (SSSR count). The van der Waals surface area contributed by atoms with Gasteiger partial charge in [-0.3, -0.25) is 0 Å². The number of alkyl carbamates (subject to hydrolysis) is 1. The number of rotatable bonds is 3. The monoisotopic (exact) mass is 349 g/mol. The van der Waals surface area contributed by atoms with E-state index in [1.165, 1.54) is 6.42 Å².